The SMILES string of the molecule is COc1ccc(C(=O)[C@H](C)OC(=O)c2c(NC(C)=O)sc3c2CCCC3)cc1. The lowest BCUT2D eigenvalue weighted by atomic mass is 9.95. The molecule has 6 nitrogen and oxygen atoms in total. The normalized spacial score (nSPS) is 14.0. The molecule has 3 rings (SSSR count). The quantitative estimate of drug-likeness (QED) is 0.584. The van der Waals surface area contributed by atoms with Crippen LogP contribution in [-0.2, 0) is 22.4 Å². The minimum Gasteiger partial charge on any atom is -0.497 e. The van der Waals surface area contributed by atoms with Gasteiger partial charge in [-0.2, -0.15) is 0 Å². The lowest BCUT2D eigenvalue weighted by Gasteiger charge is -2.16. The van der Waals surface area contributed by atoms with Gasteiger partial charge in [-0.15, -0.1) is 11.3 Å². The van der Waals surface area contributed by atoms with E-state index >= 15 is 0 Å². The molecule has 28 heavy (non-hydrogen) atoms. The average molecular weight is 401 g/mol. The van der Waals surface area contributed by atoms with E-state index in [0.717, 1.165) is 36.1 Å². The Morgan fingerprint density at radius 2 is 1.79 bits per heavy atom. The predicted octanol–water partition coefficient (Wildman–Crippen LogP) is 4.02. The van der Waals surface area contributed by atoms with Crippen LogP contribution in [0.25, 0.3) is 0 Å². The van der Waals surface area contributed by atoms with Gasteiger partial charge in [-0.05, 0) is 62.4 Å². The Morgan fingerprint density at radius 3 is 2.43 bits per heavy atom. The van der Waals surface area contributed by atoms with E-state index in [4.69, 9.17) is 9.47 Å². The summed E-state index contributed by atoms with van der Waals surface area (Å²) in [7, 11) is 1.55. The van der Waals surface area contributed by atoms with Gasteiger partial charge in [0.1, 0.15) is 10.8 Å². The second-order valence-electron chi connectivity index (χ2n) is 6.74. The van der Waals surface area contributed by atoms with Gasteiger partial charge in [-0.3, -0.25) is 9.59 Å². The number of rotatable bonds is 6. The summed E-state index contributed by atoms with van der Waals surface area (Å²) >= 11 is 1.42. The second-order valence-corrected chi connectivity index (χ2v) is 7.84. The molecule has 1 aromatic carbocycles. The number of ketones is 1. The topological polar surface area (TPSA) is 81.7 Å². The van der Waals surface area contributed by atoms with E-state index in [0.29, 0.717) is 21.9 Å². The van der Waals surface area contributed by atoms with E-state index in [-0.39, 0.29) is 11.7 Å². The fourth-order valence-electron chi connectivity index (χ4n) is 3.29. The number of nitrogens with one attached hydrogen (secondary N) is 1. The summed E-state index contributed by atoms with van der Waals surface area (Å²) in [5.41, 5.74) is 1.77. The molecular weight excluding hydrogens is 378 g/mol. The highest BCUT2D eigenvalue weighted by Crippen LogP contribution is 2.38. The van der Waals surface area contributed by atoms with Crippen LogP contribution in [0.4, 0.5) is 5.00 Å². The molecule has 148 valence electrons. The summed E-state index contributed by atoms with van der Waals surface area (Å²) in [6, 6.07) is 6.65. The Kier molecular flexibility index (Phi) is 6.14. The van der Waals surface area contributed by atoms with Gasteiger partial charge in [0.25, 0.3) is 0 Å². The molecule has 0 bridgehead atoms. The number of hydrogen-bond donors (Lipinski definition) is 1. The van der Waals surface area contributed by atoms with Crippen molar-refractivity contribution in [2.75, 3.05) is 12.4 Å². The van der Waals surface area contributed by atoms with Gasteiger partial charge in [0, 0.05) is 17.4 Å². The van der Waals surface area contributed by atoms with Gasteiger partial charge in [0.05, 0.1) is 12.7 Å². The number of carbonyl (C=O) groups excluding carboxylic acids is 3. The van der Waals surface area contributed by atoms with Crippen LogP contribution in [0.3, 0.4) is 0 Å². The van der Waals surface area contributed by atoms with Crippen molar-refractivity contribution in [2.45, 2.75) is 45.6 Å². The highest BCUT2D eigenvalue weighted by atomic mass is 32.1. The number of thiophene rings is 1. The number of carbonyl (C=O) groups is 3. The fourth-order valence-corrected chi connectivity index (χ4v) is 4.62. The van der Waals surface area contributed by atoms with Crippen LogP contribution in [0.15, 0.2) is 24.3 Å². The summed E-state index contributed by atoms with van der Waals surface area (Å²) < 4.78 is 10.6. The predicted molar refractivity (Wildman–Crippen MR) is 107 cm³/mol. The zero-order chi connectivity index (χ0) is 20.3. The lowest BCUT2D eigenvalue weighted by Crippen LogP contribution is -2.25. The first-order chi connectivity index (χ1) is 13.4. The van der Waals surface area contributed by atoms with E-state index in [9.17, 15) is 14.4 Å². The summed E-state index contributed by atoms with van der Waals surface area (Å²) in [5.74, 6) is -0.459. The molecule has 0 radical (unpaired) electrons. The first kappa shape index (κ1) is 20.1. The van der Waals surface area contributed by atoms with Crippen molar-refractivity contribution < 1.29 is 23.9 Å². The van der Waals surface area contributed by atoms with Crippen molar-refractivity contribution in [3.8, 4) is 5.75 Å². The molecule has 1 aliphatic rings. The smallest absolute Gasteiger partial charge is 0.342 e. The van der Waals surface area contributed by atoms with E-state index in [2.05, 4.69) is 5.32 Å². The zero-order valence-corrected chi connectivity index (χ0v) is 17.0. The summed E-state index contributed by atoms with van der Waals surface area (Å²) in [5, 5.41) is 3.25. The molecule has 1 atom stereocenters. The maximum atomic E-state index is 12.9. The zero-order valence-electron chi connectivity index (χ0n) is 16.2. The molecular formula is C21H23NO5S. The number of anilines is 1. The molecule has 0 unspecified atom stereocenters. The van der Waals surface area contributed by atoms with Gasteiger partial charge < -0.3 is 14.8 Å². The molecule has 1 aromatic heterocycles. The Balaban J connectivity index is 1.80. The van der Waals surface area contributed by atoms with Crippen molar-refractivity contribution in [1.82, 2.24) is 0 Å². The number of methoxy groups -OCH3 is 1. The molecule has 1 amide bonds. The number of fused-ring (bicyclic) bond motifs is 1. The average Bonchev–Trinajstić information content (AvgIpc) is 3.04. The molecule has 1 aliphatic carbocycles. The number of ether oxygens (including phenoxy) is 2. The van der Waals surface area contributed by atoms with Crippen molar-refractivity contribution in [3.05, 3.63) is 45.8 Å². The molecule has 0 fully saturated rings. The summed E-state index contributed by atoms with van der Waals surface area (Å²) in [6.07, 6.45) is 2.78. The van der Waals surface area contributed by atoms with E-state index in [1.807, 2.05) is 0 Å². The highest BCUT2D eigenvalue weighted by Gasteiger charge is 2.29. The Morgan fingerprint density at radius 1 is 1.11 bits per heavy atom. The first-order valence-electron chi connectivity index (χ1n) is 9.22. The van der Waals surface area contributed by atoms with Crippen LogP contribution in [0, 0.1) is 0 Å². The number of Topliss-reactive ketones (excluding diaryl/α,β-unsaturated/α-hetero) is 1. The number of aryl methyl sites for hydroxylation is 1. The van der Waals surface area contributed by atoms with Gasteiger partial charge in [0.15, 0.2) is 6.10 Å². The van der Waals surface area contributed by atoms with Crippen LogP contribution in [0.1, 0.15) is 57.8 Å². The molecule has 1 N–H and O–H groups in total. The van der Waals surface area contributed by atoms with Crippen molar-refractivity contribution in [3.63, 3.8) is 0 Å². The number of esters is 1. The van der Waals surface area contributed by atoms with Gasteiger partial charge >= 0.3 is 5.97 Å². The lowest BCUT2D eigenvalue weighted by molar-refractivity contribution is -0.114. The molecule has 7 heteroatoms. The van der Waals surface area contributed by atoms with E-state index in [1.165, 1.54) is 18.3 Å². The van der Waals surface area contributed by atoms with Crippen molar-refractivity contribution >= 4 is 34.0 Å². The number of hydrogen-bond acceptors (Lipinski definition) is 6. The second kappa shape index (κ2) is 8.56. The number of amides is 1. The highest BCUT2D eigenvalue weighted by molar-refractivity contribution is 7.17. The maximum Gasteiger partial charge on any atom is 0.342 e. The van der Waals surface area contributed by atoms with Gasteiger partial charge in [0.2, 0.25) is 11.7 Å². The third-order valence-corrected chi connectivity index (χ3v) is 5.90. The van der Waals surface area contributed by atoms with Gasteiger partial charge in [-0.25, -0.2) is 4.79 Å². The first-order valence-corrected chi connectivity index (χ1v) is 10.0. The Labute approximate surface area is 167 Å². The minimum absolute atomic E-state index is 0.241. The summed E-state index contributed by atoms with van der Waals surface area (Å²) in [4.78, 5) is 38.2. The number of benzene rings is 1. The largest absolute Gasteiger partial charge is 0.497 e. The third kappa shape index (κ3) is 4.25. The molecule has 0 aliphatic heterocycles. The monoisotopic (exact) mass is 401 g/mol. The van der Waals surface area contributed by atoms with Crippen molar-refractivity contribution in [2.24, 2.45) is 0 Å². The van der Waals surface area contributed by atoms with Crippen LogP contribution in [0.5, 0.6) is 5.75 Å². The van der Waals surface area contributed by atoms with E-state index in [1.54, 1.807) is 38.3 Å². The molecule has 2 aromatic rings. The molecule has 0 saturated carbocycles. The third-order valence-electron chi connectivity index (χ3n) is 4.69. The van der Waals surface area contributed by atoms with Crippen molar-refractivity contribution in [1.29, 1.82) is 0 Å². The van der Waals surface area contributed by atoms with E-state index < -0.39 is 12.1 Å². The molecule has 1 heterocycles. The molecule has 0 saturated heterocycles. The Bertz CT molecular complexity index is 900. The fraction of sp³-hybridized carbons (Fsp3) is 0.381. The minimum atomic E-state index is -0.940. The van der Waals surface area contributed by atoms with Crippen LogP contribution in [0.2, 0.25) is 0 Å². The standard InChI is InChI=1S/C21H23NO5S/c1-12(19(24)14-8-10-15(26-3)11-9-14)27-21(25)18-16-6-4-5-7-17(16)28-20(18)22-13(2)23/h8-12H,4-7H2,1-3H3,(H,22,23)/t12-/m0/s1. The van der Waals surface area contributed by atoms with Crippen LogP contribution >= 0.6 is 11.3 Å². The van der Waals surface area contributed by atoms with Gasteiger partial charge in [-0.1, -0.05) is 0 Å². The maximum absolute atomic E-state index is 12.9. The Hall–Kier alpha value is -2.67. The van der Waals surface area contributed by atoms with Crippen LogP contribution < -0.4 is 10.1 Å². The molecule has 0 spiro atoms. The van der Waals surface area contributed by atoms with Crippen LogP contribution in [-0.4, -0.2) is 30.9 Å². The summed E-state index contributed by atoms with van der Waals surface area (Å²) in [6.45, 7) is 2.96.